The minimum atomic E-state index is 0.355. The quantitative estimate of drug-likeness (QED) is 0.656. The van der Waals surface area contributed by atoms with Crippen LogP contribution in [0.5, 0.6) is 0 Å². The summed E-state index contributed by atoms with van der Waals surface area (Å²) in [7, 11) is 0. The monoisotopic (exact) mass is 156 g/mol. The molecule has 1 aliphatic rings. The van der Waals surface area contributed by atoms with Crippen molar-refractivity contribution in [3.63, 3.8) is 0 Å². The molecule has 0 saturated carbocycles. The average Bonchev–Trinajstić information content (AvgIpc) is 2.06. The number of hydrogen-bond donors (Lipinski definition) is 1. The molecule has 1 N–H and O–H groups in total. The summed E-state index contributed by atoms with van der Waals surface area (Å²) in [6.45, 7) is 7.55. The van der Waals surface area contributed by atoms with Gasteiger partial charge in [-0.05, 0) is 38.3 Å². The first-order valence-corrected chi connectivity index (χ1v) is 4.49. The zero-order valence-electron chi connectivity index (χ0n) is 7.13. The number of aliphatic hydroxyl groups excluding tert-OH is 1. The van der Waals surface area contributed by atoms with E-state index in [1.54, 1.807) is 0 Å². The molecule has 0 amide bonds. The highest BCUT2D eigenvalue weighted by Gasteiger charge is 2.17. The van der Waals surface area contributed by atoms with E-state index in [0.29, 0.717) is 12.5 Å². The van der Waals surface area contributed by atoms with E-state index >= 15 is 0 Å². The summed E-state index contributed by atoms with van der Waals surface area (Å²) in [6.07, 6.45) is 3.42. The van der Waals surface area contributed by atoms with Gasteiger partial charge < -0.3 is 10.0 Å². The molecule has 0 aromatic carbocycles. The van der Waals surface area contributed by atoms with Gasteiger partial charge in [-0.1, -0.05) is 6.92 Å². The third-order valence-electron chi connectivity index (χ3n) is 2.34. The van der Waals surface area contributed by atoms with Crippen LogP contribution in [0.3, 0.4) is 0 Å². The molecule has 0 spiro atoms. The molecule has 65 valence electrons. The van der Waals surface area contributed by atoms with Crippen LogP contribution in [0.4, 0.5) is 0 Å². The molecule has 1 unspecified atom stereocenters. The van der Waals surface area contributed by atoms with Gasteiger partial charge in [0.1, 0.15) is 0 Å². The van der Waals surface area contributed by atoms with Gasteiger partial charge in [0.05, 0.1) is 0 Å². The van der Waals surface area contributed by atoms with E-state index in [-0.39, 0.29) is 0 Å². The number of nitrogens with zero attached hydrogens (tertiary/aromatic N) is 1. The molecular formula is C9H18NO. The van der Waals surface area contributed by atoms with E-state index in [9.17, 15) is 0 Å². The van der Waals surface area contributed by atoms with Crippen LogP contribution >= 0.6 is 0 Å². The topological polar surface area (TPSA) is 23.5 Å². The summed E-state index contributed by atoms with van der Waals surface area (Å²) < 4.78 is 0. The molecule has 11 heavy (non-hydrogen) atoms. The first-order valence-electron chi connectivity index (χ1n) is 4.49. The van der Waals surface area contributed by atoms with E-state index in [1.165, 1.54) is 19.4 Å². The van der Waals surface area contributed by atoms with Crippen LogP contribution in [0, 0.1) is 12.8 Å². The molecule has 2 heteroatoms. The van der Waals surface area contributed by atoms with Crippen molar-refractivity contribution >= 4 is 0 Å². The predicted octanol–water partition coefficient (Wildman–Crippen LogP) is 0.915. The second-order valence-corrected chi connectivity index (χ2v) is 3.34. The number of hydrogen-bond acceptors (Lipinski definition) is 2. The van der Waals surface area contributed by atoms with Crippen molar-refractivity contribution in [2.75, 3.05) is 26.2 Å². The SMILES string of the molecule is [CH2]CCN1CCCC(CO)C1. The molecule has 1 saturated heterocycles. The van der Waals surface area contributed by atoms with Crippen molar-refractivity contribution in [2.24, 2.45) is 5.92 Å². The van der Waals surface area contributed by atoms with Crippen molar-refractivity contribution in [1.29, 1.82) is 0 Å². The van der Waals surface area contributed by atoms with Gasteiger partial charge in [0.15, 0.2) is 0 Å². The summed E-state index contributed by atoms with van der Waals surface area (Å²) in [4.78, 5) is 2.40. The lowest BCUT2D eigenvalue weighted by Crippen LogP contribution is -2.37. The fraction of sp³-hybridized carbons (Fsp3) is 0.889. The molecule has 1 rings (SSSR count). The van der Waals surface area contributed by atoms with Gasteiger partial charge in [0, 0.05) is 13.2 Å². The first kappa shape index (κ1) is 9.01. The zero-order chi connectivity index (χ0) is 8.10. The van der Waals surface area contributed by atoms with E-state index in [2.05, 4.69) is 11.8 Å². The minimum absolute atomic E-state index is 0.355. The molecule has 2 nitrogen and oxygen atoms in total. The normalized spacial score (nSPS) is 27.3. The molecule has 0 aromatic heterocycles. The number of rotatable bonds is 3. The van der Waals surface area contributed by atoms with Gasteiger partial charge in [0.2, 0.25) is 0 Å². The van der Waals surface area contributed by atoms with E-state index in [0.717, 1.165) is 19.5 Å². The Balaban J connectivity index is 2.21. The van der Waals surface area contributed by atoms with Gasteiger partial charge >= 0.3 is 0 Å². The molecule has 1 heterocycles. The summed E-state index contributed by atoms with van der Waals surface area (Å²) in [5, 5.41) is 8.93. The number of piperidine rings is 1. The molecule has 1 atom stereocenters. The Morgan fingerprint density at radius 3 is 3.00 bits per heavy atom. The third kappa shape index (κ3) is 2.80. The minimum Gasteiger partial charge on any atom is -0.396 e. The van der Waals surface area contributed by atoms with E-state index < -0.39 is 0 Å². The van der Waals surface area contributed by atoms with Crippen LogP contribution in [-0.4, -0.2) is 36.2 Å². The summed E-state index contributed by atoms with van der Waals surface area (Å²) in [5.41, 5.74) is 0. The standard InChI is InChI=1S/C9H18NO/c1-2-5-10-6-3-4-9(7-10)8-11/h9,11H,1-8H2. The largest absolute Gasteiger partial charge is 0.396 e. The predicted molar refractivity (Wildman–Crippen MR) is 46.2 cm³/mol. The van der Waals surface area contributed by atoms with Gasteiger partial charge in [-0.25, -0.2) is 0 Å². The van der Waals surface area contributed by atoms with Crippen molar-refractivity contribution in [2.45, 2.75) is 19.3 Å². The van der Waals surface area contributed by atoms with Crippen LogP contribution in [-0.2, 0) is 0 Å². The Kier molecular flexibility index (Phi) is 3.87. The second kappa shape index (κ2) is 4.73. The van der Waals surface area contributed by atoms with Crippen molar-refractivity contribution in [3.05, 3.63) is 6.92 Å². The fourth-order valence-corrected chi connectivity index (χ4v) is 1.73. The van der Waals surface area contributed by atoms with Crippen molar-refractivity contribution < 1.29 is 5.11 Å². The fourth-order valence-electron chi connectivity index (χ4n) is 1.73. The zero-order valence-corrected chi connectivity index (χ0v) is 7.13. The molecular weight excluding hydrogens is 138 g/mol. The summed E-state index contributed by atoms with van der Waals surface area (Å²) >= 11 is 0. The molecule has 1 radical (unpaired) electrons. The Morgan fingerprint density at radius 1 is 1.55 bits per heavy atom. The van der Waals surface area contributed by atoms with Gasteiger partial charge in [0.25, 0.3) is 0 Å². The molecule has 0 aromatic rings. The van der Waals surface area contributed by atoms with Gasteiger partial charge in [-0.15, -0.1) is 0 Å². The van der Waals surface area contributed by atoms with Crippen LogP contribution in [0.15, 0.2) is 0 Å². The highest BCUT2D eigenvalue weighted by Crippen LogP contribution is 2.15. The summed E-state index contributed by atoms with van der Waals surface area (Å²) in [5.74, 6) is 0.523. The third-order valence-corrected chi connectivity index (χ3v) is 2.34. The van der Waals surface area contributed by atoms with Crippen LogP contribution < -0.4 is 0 Å². The van der Waals surface area contributed by atoms with E-state index in [1.807, 2.05) is 0 Å². The maximum Gasteiger partial charge on any atom is 0.0471 e. The molecule has 0 bridgehead atoms. The lowest BCUT2D eigenvalue weighted by molar-refractivity contribution is 0.122. The summed E-state index contributed by atoms with van der Waals surface area (Å²) in [6, 6.07) is 0. The lowest BCUT2D eigenvalue weighted by Gasteiger charge is -2.31. The van der Waals surface area contributed by atoms with Gasteiger partial charge in [-0.2, -0.15) is 0 Å². The van der Waals surface area contributed by atoms with E-state index in [4.69, 9.17) is 5.11 Å². The highest BCUT2D eigenvalue weighted by atomic mass is 16.3. The lowest BCUT2D eigenvalue weighted by atomic mass is 9.99. The van der Waals surface area contributed by atoms with Crippen molar-refractivity contribution in [3.8, 4) is 0 Å². The first-order chi connectivity index (χ1) is 5.36. The van der Waals surface area contributed by atoms with Crippen LogP contribution in [0.25, 0.3) is 0 Å². The molecule has 1 fully saturated rings. The Bertz CT molecular complexity index is 104. The maximum atomic E-state index is 8.93. The molecule has 0 aliphatic carbocycles. The Morgan fingerprint density at radius 2 is 2.36 bits per heavy atom. The van der Waals surface area contributed by atoms with Crippen LogP contribution in [0.2, 0.25) is 0 Å². The number of aliphatic hydroxyl groups is 1. The number of likely N-dealkylation sites (tertiary alicyclic amines) is 1. The Hall–Kier alpha value is -0.0800. The van der Waals surface area contributed by atoms with Crippen molar-refractivity contribution in [1.82, 2.24) is 4.90 Å². The second-order valence-electron chi connectivity index (χ2n) is 3.34. The average molecular weight is 156 g/mol. The van der Waals surface area contributed by atoms with Crippen LogP contribution in [0.1, 0.15) is 19.3 Å². The van der Waals surface area contributed by atoms with Gasteiger partial charge in [-0.3, -0.25) is 0 Å². The molecule has 1 aliphatic heterocycles. The Labute approximate surface area is 69.2 Å². The maximum absolute atomic E-state index is 8.93. The highest BCUT2D eigenvalue weighted by molar-refractivity contribution is 4.72. The smallest absolute Gasteiger partial charge is 0.0471 e.